The maximum Gasteiger partial charge on any atom is 0.263 e. The smallest absolute Gasteiger partial charge is 0.263 e. The molecule has 0 radical (unpaired) electrons. The summed E-state index contributed by atoms with van der Waals surface area (Å²) in [5, 5.41) is 12.0. The first-order chi connectivity index (χ1) is 10.0. The third-order valence-corrected chi connectivity index (χ3v) is 5.20. The molecule has 0 spiro atoms. The van der Waals surface area contributed by atoms with Crippen molar-refractivity contribution < 1.29 is 8.42 Å². The van der Waals surface area contributed by atoms with Crippen molar-refractivity contribution >= 4 is 32.2 Å². The van der Waals surface area contributed by atoms with Gasteiger partial charge in [0.05, 0.1) is 4.90 Å². The Kier molecular flexibility index (Phi) is 5.13. The lowest BCUT2D eigenvalue weighted by atomic mass is 10.3. The fourth-order valence-corrected chi connectivity index (χ4v) is 3.54. The van der Waals surface area contributed by atoms with Crippen LogP contribution >= 0.6 is 11.3 Å². The molecule has 0 amide bonds. The van der Waals surface area contributed by atoms with E-state index in [0.717, 1.165) is 30.1 Å². The molecule has 2 rings (SSSR count). The van der Waals surface area contributed by atoms with E-state index in [0.29, 0.717) is 5.13 Å². The summed E-state index contributed by atoms with van der Waals surface area (Å²) < 4.78 is 26.9. The molecule has 6 nitrogen and oxygen atoms in total. The molecule has 114 valence electrons. The van der Waals surface area contributed by atoms with Crippen molar-refractivity contribution in [1.82, 2.24) is 10.2 Å². The van der Waals surface area contributed by atoms with E-state index < -0.39 is 10.0 Å². The average Bonchev–Trinajstić information content (AvgIpc) is 2.92. The van der Waals surface area contributed by atoms with Gasteiger partial charge in [0.25, 0.3) is 10.0 Å². The van der Waals surface area contributed by atoms with Crippen molar-refractivity contribution in [2.75, 3.05) is 16.6 Å². The van der Waals surface area contributed by atoms with E-state index in [4.69, 9.17) is 0 Å². The van der Waals surface area contributed by atoms with Gasteiger partial charge in [0, 0.05) is 12.2 Å². The average molecular weight is 326 g/mol. The standard InChI is InChI=1S/C13H18N4O2S2/c1-3-9-14-10-5-7-11(8-6-10)21(18,19)17-13-16-15-12(4-2)20-13/h5-8,14H,3-4,9H2,1-2H3,(H,16,17). The van der Waals surface area contributed by atoms with Gasteiger partial charge < -0.3 is 5.32 Å². The Bertz CT molecular complexity index is 680. The van der Waals surface area contributed by atoms with Crippen LogP contribution in [-0.4, -0.2) is 25.2 Å². The summed E-state index contributed by atoms with van der Waals surface area (Å²) in [6.45, 7) is 4.87. The summed E-state index contributed by atoms with van der Waals surface area (Å²) >= 11 is 1.24. The van der Waals surface area contributed by atoms with E-state index in [1.54, 1.807) is 24.3 Å². The number of hydrogen-bond donors (Lipinski definition) is 2. The minimum absolute atomic E-state index is 0.206. The maximum atomic E-state index is 12.2. The minimum Gasteiger partial charge on any atom is -0.385 e. The normalized spacial score (nSPS) is 11.3. The Labute approximate surface area is 128 Å². The summed E-state index contributed by atoms with van der Waals surface area (Å²) in [5.74, 6) is 0. The molecule has 8 heteroatoms. The van der Waals surface area contributed by atoms with E-state index in [-0.39, 0.29) is 4.90 Å². The highest BCUT2D eigenvalue weighted by molar-refractivity contribution is 7.93. The Hall–Kier alpha value is -1.67. The Morgan fingerprint density at radius 1 is 1.14 bits per heavy atom. The predicted molar refractivity (Wildman–Crippen MR) is 85.3 cm³/mol. The molecular weight excluding hydrogens is 308 g/mol. The van der Waals surface area contributed by atoms with E-state index in [9.17, 15) is 8.42 Å². The molecule has 0 aliphatic carbocycles. The highest BCUT2D eigenvalue weighted by Crippen LogP contribution is 2.21. The summed E-state index contributed by atoms with van der Waals surface area (Å²) in [6, 6.07) is 6.65. The van der Waals surface area contributed by atoms with Crippen molar-refractivity contribution in [2.45, 2.75) is 31.6 Å². The number of rotatable bonds is 7. The van der Waals surface area contributed by atoms with Gasteiger partial charge in [0.2, 0.25) is 5.13 Å². The molecule has 0 unspecified atom stereocenters. The highest BCUT2D eigenvalue weighted by Gasteiger charge is 2.16. The molecule has 0 saturated carbocycles. The summed E-state index contributed by atoms with van der Waals surface area (Å²) in [4.78, 5) is 0.206. The van der Waals surface area contributed by atoms with Crippen LogP contribution in [-0.2, 0) is 16.4 Å². The third-order valence-electron chi connectivity index (χ3n) is 2.73. The lowest BCUT2D eigenvalue weighted by Crippen LogP contribution is -2.12. The van der Waals surface area contributed by atoms with Crippen LogP contribution in [0, 0.1) is 0 Å². The summed E-state index contributed by atoms with van der Waals surface area (Å²) in [5.41, 5.74) is 0.903. The van der Waals surface area contributed by atoms with Crippen LogP contribution in [0.3, 0.4) is 0 Å². The van der Waals surface area contributed by atoms with Gasteiger partial charge in [-0.25, -0.2) is 8.42 Å². The number of anilines is 2. The van der Waals surface area contributed by atoms with Crippen molar-refractivity contribution in [3.8, 4) is 0 Å². The fourth-order valence-electron chi connectivity index (χ4n) is 1.63. The molecule has 0 aliphatic heterocycles. The second-order valence-corrected chi connectivity index (χ2v) is 7.16. The Morgan fingerprint density at radius 2 is 1.86 bits per heavy atom. The Balaban J connectivity index is 2.11. The molecule has 0 bridgehead atoms. The molecule has 2 N–H and O–H groups in total. The molecule has 0 atom stereocenters. The second-order valence-electron chi connectivity index (χ2n) is 4.41. The van der Waals surface area contributed by atoms with Crippen molar-refractivity contribution in [2.24, 2.45) is 0 Å². The van der Waals surface area contributed by atoms with Gasteiger partial charge in [-0.15, -0.1) is 10.2 Å². The lowest BCUT2D eigenvalue weighted by Gasteiger charge is -2.07. The lowest BCUT2D eigenvalue weighted by molar-refractivity contribution is 0.601. The molecule has 1 heterocycles. The maximum absolute atomic E-state index is 12.2. The monoisotopic (exact) mass is 326 g/mol. The van der Waals surface area contributed by atoms with E-state index in [2.05, 4.69) is 27.2 Å². The molecule has 0 aliphatic rings. The second kappa shape index (κ2) is 6.86. The van der Waals surface area contributed by atoms with Crippen LogP contribution in [0.25, 0.3) is 0 Å². The summed E-state index contributed by atoms with van der Waals surface area (Å²) in [7, 11) is -3.62. The van der Waals surface area contributed by atoms with Gasteiger partial charge in [-0.2, -0.15) is 0 Å². The number of sulfonamides is 1. The third kappa shape index (κ3) is 4.15. The van der Waals surface area contributed by atoms with Gasteiger partial charge in [0.15, 0.2) is 0 Å². The summed E-state index contributed by atoms with van der Waals surface area (Å²) in [6.07, 6.45) is 1.75. The zero-order chi connectivity index (χ0) is 15.3. The molecule has 0 fully saturated rings. The van der Waals surface area contributed by atoms with Gasteiger partial charge in [0.1, 0.15) is 5.01 Å². The number of aryl methyl sites for hydroxylation is 1. The minimum atomic E-state index is -3.62. The van der Waals surface area contributed by atoms with E-state index >= 15 is 0 Å². The van der Waals surface area contributed by atoms with E-state index in [1.807, 2.05) is 6.92 Å². The molecule has 21 heavy (non-hydrogen) atoms. The van der Waals surface area contributed by atoms with Crippen LogP contribution in [0.1, 0.15) is 25.3 Å². The zero-order valence-electron chi connectivity index (χ0n) is 12.0. The molecule has 0 saturated heterocycles. The van der Waals surface area contributed by atoms with Crippen LogP contribution in [0.2, 0.25) is 0 Å². The van der Waals surface area contributed by atoms with Gasteiger partial charge in [-0.3, -0.25) is 4.72 Å². The van der Waals surface area contributed by atoms with Crippen LogP contribution in [0.4, 0.5) is 10.8 Å². The van der Waals surface area contributed by atoms with Crippen LogP contribution in [0.5, 0.6) is 0 Å². The van der Waals surface area contributed by atoms with Gasteiger partial charge in [-0.1, -0.05) is 25.2 Å². The largest absolute Gasteiger partial charge is 0.385 e. The number of hydrogen-bond acceptors (Lipinski definition) is 6. The fraction of sp³-hybridized carbons (Fsp3) is 0.385. The molecule has 1 aromatic heterocycles. The quantitative estimate of drug-likeness (QED) is 0.817. The predicted octanol–water partition coefficient (Wildman–Crippen LogP) is 2.72. The first kappa shape index (κ1) is 15.7. The first-order valence-electron chi connectivity index (χ1n) is 6.74. The first-order valence-corrected chi connectivity index (χ1v) is 9.04. The number of nitrogens with one attached hydrogen (secondary N) is 2. The number of aromatic nitrogens is 2. The van der Waals surface area contributed by atoms with Crippen LogP contribution in [0.15, 0.2) is 29.2 Å². The SMILES string of the molecule is CCCNc1ccc(S(=O)(=O)Nc2nnc(CC)s2)cc1. The van der Waals surface area contributed by atoms with Crippen molar-refractivity contribution in [1.29, 1.82) is 0 Å². The van der Waals surface area contributed by atoms with E-state index in [1.165, 1.54) is 11.3 Å². The zero-order valence-corrected chi connectivity index (χ0v) is 13.6. The van der Waals surface area contributed by atoms with Gasteiger partial charge >= 0.3 is 0 Å². The number of nitrogens with zero attached hydrogens (tertiary/aromatic N) is 2. The van der Waals surface area contributed by atoms with Gasteiger partial charge in [-0.05, 0) is 37.1 Å². The van der Waals surface area contributed by atoms with Crippen LogP contribution < -0.4 is 10.0 Å². The molecule has 2 aromatic rings. The van der Waals surface area contributed by atoms with Crippen molar-refractivity contribution in [3.05, 3.63) is 29.3 Å². The molecule has 1 aromatic carbocycles. The number of benzene rings is 1. The topological polar surface area (TPSA) is 84.0 Å². The molecular formula is C13H18N4O2S2. The highest BCUT2D eigenvalue weighted by atomic mass is 32.2. The van der Waals surface area contributed by atoms with Crippen molar-refractivity contribution in [3.63, 3.8) is 0 Å². The Morgan fingerprint density at radius 3 is 2.43 bits per heavy atom.